The molecule has 0 aliphatic rings. The van der Waals surface area contributed by atoms with Crippen LogP contribution in [0.4, 0.5) is 0 Å². The summed E-state index contributed by atoms with van der Waals surface area (Å²) in [6.45, 7) is 0. The highest BCUT2D eigenvalue weighted by atomic mass is 35.5. The third-order valence-corrected chi connectivity index (χ3v) is 1.12. The summed E-state index contributed by atoms with van der Waals surface area (Å²) in [6.07, 6.45) is 0.801. The van der Waals surface area contributed by atoms with Crippen molar-refractivity contribution in [2.24, 2.45) is 10.7 Å². The molecule has 0 aromatic heterocycles. The van der Waals surface area contributed by atoms with Gasteiger partial charge in [-0.15, -0.1) is 0 Å². The number of hydrogen-bond acceptors (Lipinski definition) is 4. The fourth-order valence-electron chi connectivity index (χ4n) is 0.320. The minimum Gasteiger partial charge on any atom is -0.399 e. The van der Waals surface area contributed by atoms with Gasteiger partial charge in [-0.2, -0.15) is 0 Å². The zero-order chi connectivity index (χ0) is 8.15. The van der Waals surface area contributed by atoms with E-state index < -0.39 is 4.92 Å². The Kier molecular flexibility index (Phi) is 3.42. The summed E-state index contributed by atoms with van der Waals surface area (Å²) in [7, 11) is 1.34. The highest BCUT2D eigenvalue weighted by molar-refractivity contribution is 6.69. The fraction of sp³-hybridized carbons (Fsp3) is 0.250. The van der Waals surface area contributed by atoms with E-state index in [0.29, 0.717) is 0 Å². The van der Waals surface area contributed by atoms with Crippen molar-refractivity contribution in [3.05, 3.63) is 22.0 Å². The molecule has 0 aromatic carbocycles. The third-order valence-electron chi connectivity index (χ3n) is 0.762. The topological polar surface area (TPSA) is 81.5 Å². The molecule has 0 heterocycles. The van der Waals surface area contributed by atoms with Gasteiger partial charge in [0.1, 0.15) is 0 Å². The predicted molar refractivity (Wildman–Crippen MR) is 38.5 cm³/mol. The third kappa shape index (κ3) is 2.02. The maximum Gasteiger partial charge on any atom is 0.321 e. The van der Waals surface area contributed by atoms with Crippen molar-refractivity contribution >= 4 is 16.8 Å². The lowest BCUT2D eigenvalue weighted by molar-refractivity contribution is -0.414. The number of allylic oxidation sites excluding steroid dienone is 1. The first-order valence-electron chi connectivity index (χ1n) is 2.32. The van der Waals surface area contributed by atoms with Crippen molar-refractivity contribution in [2.45, 2.75) is 0 Å². The van der Waals surface area contributed by atoms with Crippen molar-refractivity contribution in [3.63, 3.8) is 0 Å². The van der Waals surface area contributed by atoms with Gasteiger partial charge in [0.25, 0.3) is 0 Å². The van der Waals surface area contributed by atoms with Gasteiger partial charge < -0.3 is 5.73 Å². The Hall–Kier alpha value is -1.10. The van der Waals surface area contributed by atoms with Gasteiger partial charge in [0, 0.05) is 7.05 Å². The molecule has 0 bridgehead atoms. The molecule has 0 atom stereocenters. The van der Waals surface area contributed by atoms with Gasteiger partial charge in [0.05, 0.1) is 11.1 Å². The van der Waals surface area contributed by atoms with Gasteiger partial charge >= 0.3 is 5.70 Å². The maximum atomic E-state index is 10.0. The zero-order valence-electron chi connectivity index (χ0n) is 5.24. The molecule has 0 rings (SSSR count). The highest BCUT2D eigenvalue weighted by Gasteiger charge is 2.14. The van der Waals surface area contributed by atoms with Crippen LogP contribution in [0.3, 0.4) is 0 Å². The monoisotopic (exact) mass is 163 g/mol. The molecule has 0 unspecified atom stereocenters. The van der Waals surface area contributed by atoms with Crippen LogP contribution in [0.25, 0.3) is 0 Å². The number of aliphatic imine (C=N–C) groups is 1. The summed E-state index contributed by atoms with van der Waals surface area (Å²) in [6, 6.07) is 0. The standard InChI is InChI=1S/C4H6ClN3O2/c1-7-4(5)3(2-6)8(9)10/h2H,6H2,1H3/b3-2+,7-4?. The van der Waals surface area contributed by atoms with Gasteiger partial charge in [0.15, 0.2) is 0 Å². The molecule has 0 aliphatic heterocycles. The summed E-state index contributed by atoms with van der Waals surface area (Å²) in [4.78, 5) is 12.7. The molecule has 0 spiro atoms. The van der Waals surface area contributed by atoms with E-state index in [-0.39, 0.29) is 10.9 Å². The van der Waals surface area contributed by atoms with Gasteiger partial charge in [-0.05, 0) is 0 Å². The number of nitrogens with zero attached hydrogens (tertiary/aromatic N) is 2. The first-order chi connectivity index (χ1) is 4.63. The van der Waals surface area contributed by atoms with Gasteiger partial charge in [-0.1, -0.05) is 11.6 Å². The van der Waals surface area contributed by atoms with Crippen LogP contribution in [0.2, 0.25) is 0 Å². The minimum absolute atomic E-state index is 0.201. The molecule has 0 saturated heterocycles. The van der Waals surface area contributed by atoms with Crippen molar-refractivity contribution in [2.75, 3.05) is 7.05 Å². The summed E-state index contributed by atoms with van der Waals surface area (Å²) in [5, 5.41) is 9.82. The van der Waals surface area contributed by atoms with Crippen molar-refractivity contribution in [3.8, 4) is 0 Å². The number of nitro groups is 1. The number of rotatable bonds is 2. The molecule has 0 aliphatic carbocycles. The molecular formula is C4H6ClN3O2. The Morgan fingerprint density at radius 3 is 2.50 bits per heavy atom. The maximum absolute atomic E-state index is 10.0. The molecule has 0 fully saturated rings. The number of hydrogen-bond donors (Lipinski definition) is 1. The minimum atomic E-state index is -0.699. The van der Waals surface area contributed by atoms with Crippen molar-refractivity contribution < 1.29 is 4.92 Å². The lowest BCUT2D eigenvalue weighted by Crippen LogP contribution is -2.08. The quantitative estimate of drug-likeness (QED) is 0.362. The molecule has 0 aromatic rings. The molecular weight excluding hydrogens is 158 g/mol. The van der Waals surface area contributed by atoms with E-state index in [0.717, 1.165) is 6.20 Å². The second-order valence-electron chi connectivity index (χ2n) is 1.32. The normalized spacial score (nSPS) is 13.4. The highest BCUT2D eigenvalue weighted by Crippen LogP contribution is 2.00. The first kappa shape index (κ1) is 8.90. The van der Waals surface area contributed by atoms with E-state index in [1.54, 1.807) is 0 Å². The van der Waals surface area contributed by atoms with E-state index in [4.69, 9.17) is 17.3 Å². The molecule has 5 nitrogen and oxygen atoms in total. The largest absolute Gasteiger partial charge is 0.399 e. The second kappa shape index (κ2) is 3.84. The Morgan fingerprint density at radius 1 is 1.90 bits per heavy atom. The Labute approximate surface area is 62.3 Å². The SMILES string of the molecule is CN=C(Cl)/C(=C\N)[N+](=O)[O-]. The van der Waals surface area contributed by atoms with Crippen LogP contribution in [0, 0.1) is 10.1 Å². The van der Waals surface area contributed by atoms with Gasteiger partial charge in [0.2, 0.25) is 5.17 Å². The number of halogens is 1. The molecule has 0 radical (unpaired) electrons. The lowest BCUT2D eigenvalue weighted by Gasteiger charge is -1.90. The number of nitrogens with two attached hydrogens (primary N) is 1. The Bertz CT molecular complexity index is 199. The summed E-state index contributed by atoms with van der Waals surface area (Å²) in [5.74, 6) is 0. The van der Waals surface area contributed by atoms with Crippen LogP contribution in [-0.2, 0) is 0 Å². The molecule has 2 N–H and O–H groups in total. The van der Waals surface area contributed by atoms with Gasteiger partial charge in [-0.3, -0.25) is 15.1 Å². The van der Waals surface area contributed by atoms with Crippen LogP contribution in [0.15, 0.2) is 16.9 Å². The molecule has 0 amide bonds. The van der Waals surface area contributed by atoms with E-state index in [2.05, 4.69) is 4.99 Å². The Morgan fingerprint density at radius 2 is 2.40 bits per heavy atom. The van der Waals surface area contributed by atoms with Gasteiger partial charge in [-0.25, -0.2) is 0 Å². The molecule has 6 heteroatoms. The van der Waals surface area contributed by atoms with Crippen LogP contribution in [0.1, 0.15) is 0 Å². The van der Waals surface area contributed by atoms with Crippen molar-refractivity contribution in [1.82, 2.24) is 0 Å². The van der Waals surface area contributed by atoms with E-state index >= 15 is 0 Å². The predicted octanol–water partition coefficient (Wildman–Crippen LogP) is 0.330. The van der Waals surface area contributed by atoms with Crippen LogP contribution in [-0.4, -0.2) is 17.1 Å². The molecule has 10 heavy (non-hydrogen) atoms. The summed E-state index contributed by atoms with van der Waals surface area (Å²) >= 11 is 5.29. The second-order valence-corrected chi connectivity index (χ2v) is 1.68. The lowest BCUT2D eigenvalue weighted by atomic mass is 10.5. The molecule has 0 saturated carbocycles. The smallest absolute Gasteiger partial charge is 0.321 e. The average molecular weight is 164 g/mol. The van der Waals surface area contributed by atoms with E-state index in [1.807, 2.05) is 0 Å². The molecule has 56 valence electrons. The average Bonchev–Trinajstić information content (AvgIpc) is 1.88. The van der Waals surface area contributed by atoms with Crippen LogP contribution in [0.5, 0.6) is 0 Å². The zero-order valence-corrected chi connectivity index (χ0v) is 6.00. The first-order valence-corrected chi connectivity index (χ1v) is 2.70. The summed E-state index contributed by atoms with van der Waals surface area (Å²) < 4.78 is 0. The van der Waals surface area contributed by atoms with Crippen LogP contribution < -0.4 is 5.73 Å². The Balaban J connectivity index is 4.56. The van der Waals surface area contributed by atoms with E-state index in [1.165, 1.54) is 7.05 Å². The van der Waals surface area contributed by atoms with Crippen LogP contribution >= 0.6 is 11.6 Å². The van der Waals surface area contributed by atoms with E-state index in [9.17, 15) is 10.1 Å². The van der Waals surface area contributed by atoms with Crippen molar-refractivity contribution in [1.29, 1.82) is 0 Å². The fourth-order valence-corrected chi connectivity index (χ4v) is 0.452. The summed E-state index contributed by atoms with van der Waals surface area (Å²) in [5.41, 5.74) is 4.50.